The Hall–Kier alpha value is -2.31. The predicted molar refractivity (Wildman–Crippen MR) is 96.0 cm³/mol. The zero-order valence-electron chi connectivity index (χ0n) is 13.2. The van der Waals surface area contributed by atoms with Crippen LogP contribution in [0.25, 0.3) is 11.3 Å². The van der Waals surface area contributed by atoms with Gasteiger partial charge in [0, 0.05) is 16.8 Å². The number of aromatic nitrogens is 2. The highest BCUT2D eigenvalue weighted by Crippen LogP contribution is 2.27. The van der Waals surface area contributed by atoms with Crippen LogP contribution in [0.4, 0.5) is 5.69 Å². The molecular weight excluding hydrogens is 346 g/mol. The fourth-order valence-corrected chi connectivity index (χ4v) is 3.44. The molecule has 0 aliphatic heterocycles. The van der Waals surface area contributed by atoms with Gasteiger partial charge in [-0.25, -0.2) is 18.1 Å². The van der Waals surface area contributed by atoms with Crippen molar-refractivity contribution in [2.24, 2.45) is 0 Å². The fourth-order valence-electron chi connectivity index (χ4n) is 2.48. The van der Waals surface area contributed by atoms with Crippen LogP contribution in [0.1, 0.15) is 5.69 Å². The molecule has 0 amide bonds. The number of halogens is 1. The molecule has 0 fully saturated rings. The lowest BCUT2D eigenvalue weighted by atomic mass is 10.1. The predicted octanol–water partition coefficient (Wildman–Crippen LogP) is 3.79. The lowest BCUT2D eigenvalue weighted by Gasteiger charge is -2.14. The van der Waals surface area contributed by atoms with Crippen molar-refractivity contribution in [1.82, 2.24) is 9.66 Å². The van der Waals surface area contributed by atoms with Crippen molar-refractivity contribution in [3.63, 3.8) is 0 Å². The molecule has 5 nitrogen and oxygen atoms in total. The average molecular weight is 362 g/mol. The zero-order chi connectivity index (χ0) is 17.3. The Balaban J connectivity index is 2.21. The van der Waals surface area contributed by atoms with Gasteiger partial charge >= 0.3 is 0 Å². The van der Waals surface area contributed by atoms with E-state index in [-0.39, 0.29) is 5.16 Å². The molecule has 0 saturated carbocycles. The highest BCUT2D eigenvalue weighted by atomic mass is 35.5. The average Bonchev–Trinajstić information content (AvgIpc) is 2.85. The molecule has 24 heavy (non-hydrogen) atoms. The quantitative estimate of drug-likeness (QED) is 0.767. The van der Waals surface area contributed by atoms with Crippen molar-refractivity contribution in [2.75, 3.05) is 11.7 Å². The second-order valence-electron chi connectivity index (χ2n) is 5.42. The van der Waals surface area contributed by atoms with Crippen molar-refractivity contribution in [2.45, 2.75) is 12.1 Å². The second-order valence-corrected chi connectivity index (χ2v) is 7.77. The Morgan fingerprint density at radius 3 is 2.42 bits per heavy atom. The van der Waals surface area contributed by atoms with Gasteiger partial charge in [0.1, 0.15) is 0 Å². The second kappa shape index (κ2) is 6.30. The summed E-state index contributed by atoms with van der Waals surface area (Å²) in [5.41, 5.74) is 5.95. The molecule has 1 heterocycles. The molecule has 3 aromatic rings. The molecule has 7 heteroatoms. The third kappa shape index (κ3) is 3.29. The lowest BCUT2D eigenvalue weighted by Crippen LogP contribution is -2.17. The van der Waals surface area contributed by atoms with Gasteiger partial charge in [-0.05, 0) is 25.1 Å². The maximum absolute atomic E-state index is 12.2. The summed E-state index contributed by atoms with van der Waals surface area (Å²) >= 11 is 6.02. The van der Waals surface area contributed by atoms with Gasteiger partial charge in [0.15, 0.2) is 0 Å². The van der Waals surface area contributed by atoms with Crippen molar-refractivity contribution in [1.29, 1.82) is 0 Å². The summed E-state index contributed by atoms with van der Waals surface area (Å²) in [6.45, 7) is 1.78. The molecule has 3 rings (SSSR count). The van der Waals surface area contributed by atoms with Gasteiger partial charge < -0.3 is 0 Å². The Kier molecular flexibility index (Phi) is 4.34. The minimum absolute atomic E-state index is 0.0428. The third-order valence-electron chi connectivity index (χ3n) is 3.47. The fraction of sp³-hybridized carbons (Fsp3) is 0.118. The molecule has 0 radical (unpaired) electrons. The SMILES string of the molecule is Cc1nc(S(C)(=O)=O)n(Nc2cccc(Cl)c2)c1-c1ccccc1. The minimum Gasteiger partial charge on any atom is -0.292 e. The van der Waals surface area contributed by atoms with E-state index in [1.807, 2.05) is 36.4 Å². The van der Waals surface area contributed by atoms with E-state index in [0.29, 0.717) is 22.1 Å². The van der Waals surface area contributed by atoms with Crippen LogP contribution in [0.2, 0.25) is 5.02 Å². The van der Waals surface area contributed by atoms with Crippen molar-refractivity contribution >= 4 is 27.1 Å². The topological polar surface area (TPSA) is 64.0 Å². The van der Waals surface area contributed by atoms with Crippen LogP contribution >= 0.6 is 11.6 Å². The van der Waals surface area contributed by atoms with Gasteiger partial charge in [-0.1, -0.05) is 48.0 Å². The highest BCUT2D eigenvalue weighted by Gasteiger charge is 2.23. The summed E-state index contributed by atoms with van der Waals surface area (Å²) in [5, 5.41) is 0.512. The van der Waals surface area contributed by atoms with E-state index in [2.05, 4.69) is 10.4 Å². The number of imidazole rings is 1. The number of hydrogen-bond donors (Lipinski definition) is 1. The van der Waals surface area contributed by atoms with Gasteiger partial charge in [-0.15, -0.1) is 0 Å². The van der Waals surface area contributed by atoms with Gasteiger partial charge in [0.05, 0.1) is 17.1 Å². The smallest absolute Gasteiger partial charge is 0.247 e. The molecule has 124 valence electrons. The summed E-state index contributed by atoms with van der Waals surface area (Å²) in [7, 11) is -3.52. The van der Waals surface area contributed by atoms with Crippen LogP contribution < -0.4 is 5.43 Å². The van der Waals surface area contributed by atoms with Crippen molar-refractivity contribution < 1.29 is 8.42 Å². The van der Waals surface area contributed by atoms with Crippen LogP contribution in [0.5, 0.6) is 0 Å². The first-order valence-corrected chi connectivity index (χ1v) is 9.50. The number of benzene rings is 2. The molecule has 0 aliphatic carbocycles. The van der Waals surface area contributed by atoms with Crippen molar-refractivity contribution in [3.05, 3.63) is 65.3 Å². The van der Waals surface area contributed by atoms with E-state index in [0.717, 1.165) is 11.8 Å². The van der Waals surface area contributed by atoms with Crippen molar-refractivity contribution in [3.8, 4) is 11.3 Å². The van der Waals surface area contributed by atoms with Crippen LogP contribution in [0, 0.1) is 6.92 Å². The first-order chi connectivity index (χ1) is 11.4. The molecular formula is C17H16ClN3O2S. The van der Waals surface area contributed by atoms with Gasteiger partial charge in [0.25, 0.3) is 0 Å². The summed E-state index contributed by atoms with van der Waals surface area (Å²) in [4.78, 5) is 4.26. The highest BCUT2D eigenvalue weighted by molar-refractivity contribution is 7.90. The molecule has 0 aliphatic rings. The third-order valence-corrected chi connectivity index (χ3v) is 4.64. The molecule has 1 N–H and O–H groups in total. The van der Waals surface area contributed by atoms with Gasteiger partial charge in [-0.3, -0.25) is 5.43 Å². The molecule has 1 aromatic heterocycles. The molecule has 0 bridgehead atoms. The first-order valence-electron chi connectivity index (χ1n) is 7.23. The van der Waals surface area contributed by atoms with Crippen LogP contribution in [-0.2, 0) is 9.84 Å². The normalized spacial score (nSPS) is 11.5. The number of rotatable bonds is 4. The number of aryl methyl sites for hydroxylation is 1. The standard InChI is InChI=1S/C17H16ClN3O2S/c1-12-16(13-7-4-3-5-8-13)21(17(19-12)24(2,22)23)20-15-10-6-9-14(18)11-15/h3-11,20H,1-2H3. The Morgan fingerprint density at radius 2 is 1.79 bits per heavy atom. The van der Waals surface area contributed by atoms with E-state index < -0.39 is 9.84 Å². The Labute approximate surface area is 145 Å². The number of sulfone groups is 1. The molecule has 0 saturated heterocycles. The summed E-state index contributed by atoms with van der Waals surface area (Å²) < 4.78 is 25.8. The largest absolute Gasteiger partial charge is 0.292 e. The zero-order valence-corrected chi connectivity index (χ0v) is 14.8. The summed E-state index contributed by atoms with van der Waals surface area (Å²) in [5.74, 6) is 0. The number of nitrogens with zero attached hydrogens (tertiary/aromatic N) is 2. The van der Waals surface area contributed by atoms with E-state index in [1.165, 1.54) is 4.68 Å². The number of anilines is 1. The van der Waals surface area contributed by atoms with Gasteiger partial charge in [-0.2, -0.15) is 0 Å². The van der Waals surface area contributed by atoms with E-state index in [1.54, 1.807) is 25.1 Å². The molecule has 0 spiro atoms. The van der Waals surface area contributed by atoms with Crippen LogP contribution in [-0.4, -0.2) is 24.3 Å². The number of nitrogens with one attached hydrogen (secondary N) is 1. The monoisotopic (exact) mass is 361 g/mol. The minimum atomic E-state index is -3.52. The number of hydrogen-bond acceptors (Lipinski definition) is 4. The van der Waals surface area contributed by atoms with Crippen LogP contribution in [0.15, 0.2) is 59.8 Å². The maximum atomic E-state index is 12.2. The Morgan fingerprint density at radius 1 is 1.08 bits per heavy atom. The maximum Gasteiger partial charge on any atom is 0.247 e. The lowest BCUT2D eigenvalue weighted by molar-refractivity contribution is 0.587. The van der Waals surface area contributed by atoms with E-state index in [4.69, 9.17) is 11.6 Å². The Bertz CT molecular complexity index is 982. The van der Waals surface area contributed by atoms with Crippen LogP contribution in [0.3, 0.4) is 0 Å². The first kappa shape index (κ1) is 16.5. The molecule has 0 unspecified atom stereocenters. The molecule has 2 aromatic carbocycles. The summed E-state index contributed by atoms with van der Waals surface area (Å²) in [6, 6.07) is 16.6. The van der Waals surface area contributed by atoms with E-state index in [9.17, 15) is 8.42 Å². The van der Waals surface area contributed by atoms with E-state index >= 15 is 0 Å². The molecule has 0 atom stereocenters. The summed E-state index contributed by atoms with van der Waals surface area (Å²) in [6.07, 6.45) is 1.14. The van der Waals surface area contributed by atoms with Gasteiger partial charge in [0.2, 0.25) is 15.0 Å².